The molecule has 0 aliphatic heterocycles. The fourth-order valence-electron chi connectivity index (χ4n) is 2.25. The molecule has 0 radical (unpaired) electrons. The fraction of sp³-hybridized carbons (Fsp3) is 0.263. The van der Waals surface area contributed by atoms with Crippen molar-refractivity contribution in [3.8, 4) is 17.2 Å². The van der Waals surface area contributed by atoms with Gasteiger partial charge in [-0.05, 0) is 81.6 Å². The minimum Gasteiger partial charge on any atom is -0.493 e. The van der Waals surface area contributed by atoms with Crippen molar-refractivity contribution in [3.63, 3.8) is 0 Å². The lowest BCUT2D eigenvalue weighted by Crippen LogP contribution is -2.17. The summed E-state index contributed by atoms with van der Waals surface area (Å²) in [6.07, 6.45) is 1.55. The topological polar surface area (TPSA) is 69.2 Å². The average molecular weight is 500 g/mol. The number of nitrogens with one attached hydrogen (secondary N) is 1. The van der Waals surface area contributed by atoms with E-state index in [9.17, 15) is 4.79 Å². The molecular formula is C19H20Br2N2O4. The minimum atomic E-state index is -0.348. The summed E-state index contributed by atoms with van der Waals surface area (Å²) in [7, 11) is 1.55. The summed E-state index contributed by atoms with van der Waals surface area (Å²) in [5, 5.41) is 4.01. The maximum absolute atomic E-state index is 12.3. The van der Waals surface area contributed by atoms with E-state index < -0.39 is 0 Å². The van der Waals surface area contributed by atoms with Gasteiger partial charge in [-0.1, -0.05) is 0 Å². The number of nitrogens with zero attached hydrogens (tertiary/aromatic N) is 1. The molecule has 6 nitrogen and oxygen atoms in total. The largest absolute Gasteiger partial charge is 0.493 e. The highest BCUT2D eigenvalue weighted by atomic mass is 79.9. The van der Waals surface area contributed by atoms with Crippen LogP contribution in [0.5, 0.6) is 17.2 Å². The third-order valence-electron chi connectivity index (χ3n) is 3.41. The second-order valence-corrected chi connectivity index (χ2v) is 6.95. The van der Waals surface area contributed by atoms with Gasteiger partial charge >= 0.3 is 0 Å². The number of benzene rings is 2. The van der Waals surface area contributed by atoms with Gasteiger partial charge in [-0.3, -0.25) is 4.79 Å². The molecule has 27 heavy (non-hydrogen) atoms. The van der Waals surface area contributed by atoms with Crippen LogP contribution in [-0.4, -0.2) is 32.4 Å². The van der Waals surface area contributed by atoms with E-state index in [1.165, 1.54) is 0 Å². The van der Waals surface area contributed by atoms with Gasteiger partial charge in [0.25, 0.3) is 5.91 Å². The summed E-state index contributed by atoms with van der Waals surface area (Å²) in [5.41, 5.74) is 3.72. The first-order chi connectivity index (χ1) is 13.0. The Bertz CT molecular complexity index is 817. The monoisotopic (exact) mass is 498 g/mol. The number of amides is 1. The Labute approximate surface area is 175 Å². The highest BCUT2D eigenvalue weighted by Crippen LogP contribution is 2.34. The first-order valence-corrected chi connectivity index (χ1v) is 9.84. The number of carbonyl (C=O) groups excluding carboxylic acids is 1. The normalized spacial score (nSPS) is 10.7. The van der Waals surface area contributed by atoms with Crippen LogP contribution in [0.25, 0.3) is 0 Å². The van der Waals surface area contributed by atoms with Crippen LogP contribution >= 0.6 is 31.9 Å². The predicted molar refractivity (Wildman–Crippen MR) is 112 cm³/mol. The highest BCUT2D eigenvalue weighted by Gasteiger charge is 2.11. The van der Waals surface area contributed by atoms with Crippen molar-refractivity contribution in [1.82, 2.24) is 5.43 Å². The van der Waals surface area contributed by atoms with Gasteiger partial charge in [-0.2, -0.15) is 5.10 Å². The Balaban J connectivity index is 2.10. The zero-order valence-electron chi connectivity index (χ0n) is 15.2. The highest BCUT2D eigenvalue weighted by molar-refractivity contribution is 9.11. The van der Waals surface area contributed by atoms with E-state index >= 15 is 0 Å². The molecule has 0 fully saturated rings. The van der Waals surface area contributed by atoms with Gasteiger partial charge in [0.05, 0.1) is 35.5 Å². The standard InChI is InChI=1S/C19H20Br2N2O4/c1-4-26-17-10-13(6-7-16(17)25-3)19(24)23-22-11-12-8-14(20)18(27-5-2)15(21)9-12/h6-11H,4-5H2,1-3H3,(H,23,24)/b22-11+. The number of ether oxygens (including phenoxy) is 3. The summed E-state index contributed by atoms with van der Waals surface area (Å²) in [5.74, 6) is 1.45. The minimum absolute atomic E-state index is 0.348. The van der Waals surface area contributed by atoms with E-state index in [-0.39, 0.29) is 5.91 Å². The predicted octanol–water partition coefficient (Wildman–Crippen LogP) is 4.78. The third-order valence-corrected chi connectivity index (χ3v) is 4.59. The molecule has 0 aromatic heterocycles. The molecule has 0 aliphatic carbocycles. The molecule has 8 heteroatoms. The number of carbonyl (C=O) groups is 1. The van der Waals surface area contributed by atoms with Gasteiger partial charge in [0.15, 0.2) is 11.5 Å². The molecule has 0 atom stereocenters. The van der Waals surface area contributed by atoms with Crippen molar-refractivity contribution >= 4 is 44.0 Å². The molecule has 2 aromatic carbocycles. The molecule has 0 bridgehead atoms. The molecule has 2 rings (SSSR count). The van der Waals surface area contributed by atoms with E-state index in [0.717, 1.165) is 20.3 Å². The first-order valence-electron chi connectivity index (χ1n) is 8.26. The molecule has 144 valence electrons. The van der Waals surface area contributed by atoms with Crippen molar-refractivity contribution in [3.05, 3.63) is 50.4 Å². The Morgan fingerprint density at radius 1 is 1.07 bits per heavy atom. The molecule has 2 aromatic rings. The van der Waals surface area contributed by atoms with Crippen LogP contribution in [0, 0.1) is 0 Å². The van der Waals surface area contributed by atoms with Crippen molar-refractivity contribution in [2.45, 2.75) is 13.8 Å². The summed E-state index contributed by atoms with van der Waals surface area (Å²) in [6.45, 7) is 4.82. The lowest BCUT2D eigenvalue weighted by Gasteiger charge is -2.10. The van der Waals surface area contributed by atoms with Crippen LogP contribution in [0.2, 0.25) is 0 Å². The Kier molecular flexibility index (Phi) is 8.12. The SMILES string of the molecule is CCOc1cc(C(=O)N/N=C/c2cc(Br)c(OCC)c(Br)c2)ccc1OC. The number of hydrogen-bond acceptors (Lipinski definition) is 5. The van der Waals surface area contributed by atoms with E-state index in [0.29, 0.717) is 30.3 Å². The van der Waals surface area contributed by atoms with Gasteiger partial charge in [-0.25, -0.2) is 5.43 Å². The molecule has 0 saturated heterocycles. The second kappa shape index (κ2) is 10.3. The molecule has 0 aliphatic rings. The molecule has 0 saturated carbocycles. The van der Waals surface area contributed by atoms with Crippen LogP contribution in [0.4, 0.5) is 0 Å². The van der Waals surface area contributed by atoms with Crippen LogP contribution < -0.4 is 19.6 Å². The van der Waals surface area contributed by atoms with Crippen molar-refractivity contribution in [2.75, 3.05) is 20.3 Å². The van der Waals surface area contributed by atoms with Crippen LogP contribution in [0.3, 0.4) is 0 Å². The van der Waals surface area contributed by atoms with Gasteiger partial charge in [-0.15, -0.1) is 0 Å². The average Bonchev–Trinajstić information content (AvgIpc) is 2.65. The lowest BCUT2D eigenvalue weighted by molar-refractivity contribution is 0.0954. The van der Waals surface area contributed by atoms with Gasteiger partial charge in [0, 0.05) is 5.56 Å². The maximum Gasteiger partial charge on any atom is 0.271 e. The number of methoxy groups -OCH3 is 1. The van der Waals surface area contributed by atoms with Gasteiger partial charge in [0.2, 0.25) is 0 Å². The summed E-state index contributed by atoms with van der Waals surface area (Å²) in [4.78, 5) is 12.3. The smallest absolute Gasteiger partial charge is 0.271 e. The molecular weight excluding hydrogens is 480 g/mol. The van der Waals surface area contributed by atoms with E-state index in [1.807, 2.05) is 26.0 Å². The van der Waals surface area contributed by atoms with Crippen molar-refractivity contribution < 1.29 is 19.0 Å². The van der Waals surface area contributed by atoms with Gasteiger partial charge in [0.1, 0.15) is 5.75 Å². The Morgan fingerprint density at radius 2 is 1.74 bits per heavy atom. The van der Waals surface area contributed by atoms with Crippen LogP contribution in [0.1, 0.15) is 29.8 Å². The number of hydrazone groups is 1. The zero-order chi connectivity index (χ0) is 19.8. The van der Waals surface area contributed by atoms with E-state index in [2.05, 4.69) is 42.4 Å². The van der Waals surface area contributed by atoms with E-state index in [1.54, 1.807) is 31.5 Å². The summed E-state index contributed by atoms with van der Waals surface area (Å²) in [6, 6.07) is 8.66. The molecule has 0 heterocycles. The number of halogens is 2. The summed E-state index contributed by atoms with van der Waals surface area (Å²) >= 11 is 6.93. The summed E-state index contributed by atoms with van der Waals surface area (Å²) < 4.78 is 17.8. The van der Waals surface area contributed by atoms with Crippen LogP contribution in [-0.2, 0) is 0 Å². The molecule has 0 spiro atoms. The fourth-order valence-corrected chi connectivity index (χ4v) is 3.70. The first kappa shape index (κ1) is 21.2. The third kappa shape index (κ3) is 5.71. The molecule has 1 amide bonds. The molecule has 1 N–H and O–H groups in total. The quantitative estimate of drug-likeness (QED) is 0.419. The lowest BCUT2D eigenvalue weighted by atomic mass is 10.2. The van der Waals surface area contributed by atoms with Crippen LogP contribution in [0.15, 0.2) is 44.4 Å². The number of hydrogen-bond donors (Lipinski definition) is 1. The second-order valence-electron chi connectivity index (χ2n) is 5.24. The maximum atomic E-state index is 12.3. The zero-order valence-corrected chi connectivity index (χ0v) is 18.4. The molecule has 0 unspecified atom stereocenters. The van der Waals surface area contributed by atoms with Gasteiger partial charge < -0.3 is 14.2 Å². The number of rotatable bonds is 8. The van der Waals surface area contributed by atoms with E-state index in [4.69, 9.17) is 14.2 Å². The Morgan fingerprint density at radius 3 is 2.33 bits per heavy atom. The Hall–Kier alpha value is -2.06. The van der Waals surface area contributed by atoms with Crippen molar-refractivity contribution in [2.24, 2.45) is 5.10 Å². The van der Waals surface area contributed by atoms with Crippen molar-refractivity contribution in [1.29, 1.82) is 0 Å².